The predicted octanol–water partition coefficient (Wildman–Crippen LogP) is 12.0. The first kappa shape index (κ1) is 26.3. The number of rotatable bonds is 0. The molecule has 236 valence electrons. The SMILES string of the molecule is CC1(C)c2ccccc2-c2cc3c(cc21)N1c2cc4c5cccc6c7cc8c(cc7n(c4cc2C2C=CC=C3C21)c56)C(C)(C)c1ccccc1-8. The van der Waals surface area contributed by atoms with Crippen LogP contribution in [0.1, 0.15) is 67.0 Å². The normalized spacial score (nSPS) is 20.7. The van der Waals surface area contributed by atoms with Gasteiger partial charge in [-0.25, -0.2) is 0 Å². The molecule has 4 heterocycles. The highest BCUT2D eigenvalue weighted by Crippen LogP contribution is 2.62. The maximum absolute atomic E-state index is 2.70. The number of aromatic nitrogens is 1. The van der Waals surface area contributed by atoms with Crippen molar-refractivity contribution in [3.05, 3.63) is 155 Å². The second kappa shape index (κ2) is 8.06. The van der Waals surface area contributed by atoms with E-state index in [9.17, 15) is 0 Å². The minimum atomic E-state index is -0.0388. The number of hydrogen-bond donors (Lipinski definition) is 0. The smallest absolute Gasteiger partial charge is 0.0702 e. The Hall–Kier alpha value is -5.60. The fourth-order valence-electron chi connectivity index (χ4n) is 11.3. The standard InChI is InChI=1S/C48H34N2/c1-47(2)37-17-7-5-11-25(37)31-19-33-27-13-9-15-29-35-22-42-36(21-41(35)49(45(27)29)43(33)23-39(31)47)30-16-10-14-28-34-20-32-26-12-6-8-18-38(26)48(3,4)40(32)24-44(34)50(42)46(28)30/h5-24,29,45H,1-4H3. The van der Waals surface area contributed by atoms with Gasteiger partial charge in [-0.05, 0) is 92.0 Å². The van der Waals surface area contributed by atoms with E-state index < -0.39 is 0 Å². The highest BCUT2D eigenvalue weighted by Gasteiger charge is 2.49. The van der Waals surface area contributed by atoms with Crippen LogP contribution >= 0.6 is 0 Å². The maximum atomic E-state index is 2.70. The third-order valence-corrected chi connectivity index (χ3v) is 13.6. The minimum absolute atomic E-state index is 0.0302. The van der Waals surface area contributed by atoms with Gasteiger partial charge in [0.05, 0.1) is 22.6 Å². The summed E-state index contributed by atoms with van der Waals surface area (Å²) >= 11 is 0. The number of allylic oxidation sites excluding steroid dienone is 2. The topological polar surface area (TPSA) is 7.65 Å². The Morgan fingerprint density at radius 3 is 1.90 bits per heavy atom. The van der Waals surface area contributed by atoms with E-state index in [2.05, 4.69) is 158 Å². The Balaban J connectivity index is 1.08. The summed E-state index contributed by atoms with van der Waals surface area (Å²) < 4.78 is 2.60. The summed E-state index contributed by atoms with van der Waals surface area (Å²) in [6.45, 7) is 9.58. The largest absolute Gasteiger partial charge is 0.332 e. The van der Waals surface area contributed by atoms with Gasteiger partial charge in [-0.15, -0.1) is 0 Å². The molecule has 2 nitrogen and oxygen atoms in total. The molecule has 0 amide bonds. The quantitative estimate of drug-likeness (QED) is 0.160. The molecule has 0 fully saturated rings. The second-order valence-electron chi connectivity index (χ2n) is 16.5. The van der Waals surface area contributed by atoms with Gasteiger partial charge in [0.1, 0.15) is 0 Å². The Kier molecular flexibility index (Phi) is 4.24. The number of para-hydroxylation sites is 1. The fourth-order valence-corrected chi connectivity index (χ4v) is 11.3. The maximum Gasteiger partial charge on any atom is 0.0702 e. The molecule has 3 aliphatic carbocycles. The van der Waals surface area contributed by atoms with Crippen LogP contribution in [0.3, 0.4) is 0 Å². The van der Waals surface area contributed by atoms with Crippen LogP contribution < -0.4 is 4.90 Å². The predicted molar refractivity (Wildman–Crippen MR) is 208 cm³/mol. The Morgan fingerprint density at radius 1 is 0.520 bits per heavy atom. The summed E-state index contributed by atoms with van der Waals surface area (Å²) in [5.41, 5.74) is 22.3. The number of nitrogens with zero attached hydrogens (tertiary/aromatic N) is 2. The van der Waals surface area contributed by atoms with Crippen LogP contribution in [0.2, 0.25) is 0 Å². The molecule has 2 atom stereocenters. The number of anilines is 2. The molecule has 0 bridgehead atoms. The van der Waals surface area contributed by atoms with Crippen LogP contribution in [-0.2, 0) is 10.8 Å². The van der Waals surface area contributed by atoms with Gasteiger partial charge in [-0.1, -0.05) is 113 Å². The fraction of sp³-hybridized carbons (Fsp3) is 0.167. The first-order chi connectivity index (χ1) is 24.3. The van der Waals surface area contributed by atoms with Gasteiger partial charge in [0.25, 0.3) is 0 Å². The number of fused-ring (bicyclic) bond motifs is 18. The Morgan fingerprint density at radius 2 is 1.16 bits per heavy atom. The lowest BCUT2D eigenvalue weighted by molar-refractivity contribution is 0.660. The zero-order chi connectivity index (χ0) is 33.0. The Bertz CT molecular complexity index is 3000. The van der Waals surface area contributed by atoms with Gasteiger partial charge >= 0.3 is 0 Å². The van der Waals surface area contributed by atoms with Crippen molar-refractivity contribution >= 4 is 55.0 Å². The molecule has 0 saturated heterocycles. The lowest BCUT2D eigenvalue weighted by atomic mass is 9.81. The lowest BCUT2D eigenvalue weighted by Crippen LogP contribution is -2.26. The van der Waals surface area contributed by atoms with Crippen molar-refractivity contribution in [3.8, 4) is 22.3 Å². The van der Waals surface area contributed by atoms with Crippen molar-refractivity contribution in [1.29, 1.82) is 0 Å². The average Bonchev–Trinajstić information content (AvgIpc) is 3.93. The van der Waals surface area contributed by atoms with E-state index in [0.29, 0.717) is 12.0 Å². The summed E-state index contributed by atoms with van der Waals surface area (Å²) in [5.74, 6) is 0.316. The molecule has 8 aromatic rings. The van der Waals surface area contributed by atoms with E-state index >= 15 is 0 Å². The van der Waals surface area contributed by atoms with Gasteiger partial charge in [0.2, 0.25) is 0 Å². The average molecular weight is 639 g/mol. The van der Waals surface area contributed by atoms with Crippen molar-refractivity contribution in [2.75, 3.05) is 4.90 Å². The molecule has 0 spiro atoms. The van der Waals surface area contributed by atoms with Crippen LogP contribution in [0, 0.1) is 0 Å². The van der Waals surface area contributed by atoms with Crippen LogP contribution in [0.4, 0.5) is 11.4 Å². The van der Waals surface area contributed by atoms with Gasteiger partial charge in [0.15, 0.2) is 0 Å². The number of hydrogen-bond acceptors (Lipinski definition) is 1. The summed E-state index contributed by atoms with van der Waals surface area (Å²) in [6, 6.07) is 40.5. The lowest BCUT2D eigenvalue weighted by Gasteiger charge is -2.26. The monoisotopic (exact) mass is 638 g/mol. The first-order valence-electron chi connectivity index (χ1n) is 18.2. The van der Waals surface area contributed by atoms with E-state index in [4.69, 9.17) is 0 Å². The molecule has 2 aromatic heterocycles. The molecule has 0 radical (unpaired) electrons. The summed E-state index contributed by atoms with van der Waals surface area (Å²) in [4.78, 5) is 2.70. The third-order valence-electron chi connectivity index (χ3n) is 13.6. The van der Waals surface area contributed by atoms with Crippen LogP contribution in [0.15, 0.2) is 121 Å². The van der Waals surface area contributed by atoms with Gasteiger partial charge < -0.3 is 9.30 Å². The van der Waals surface area contributed by atoms with Gasteiger partial charge in [-0.3, -0.25) is 0 Å². The summed E-state index contributed by atoms with van der Waals surface area (Å²) in [5, 5.41) is 5.41. The van der Waals surface area contributed by atoms with E-state index in [1.165, 1.54) is 111 Å². The van der Waals surface area contributed by atoms with Gasteiger partial charge in [0, 0.05) is 55.2 Å². The molecule has 2 unspecified atom stereocenters. The molecule has 13 rings (SSSR count). The minimum Gasteiger partial charge on any atom is -0.332 e. The molecule has 50 heavy (non-hydrogen) atoms. The summed E-state index contributed by atoms with van der Waals surface area (Å²) in [6.07, 6.45) is 7.16. The van der Waals surface area contributed by atoms with Crippen molar-refractivity contribution in [3.63, 3.8) is 0 Å². The second-order valence-corrected chi connectivity index (χ2v) is 16.5. The van der Waals surface area contributed by atoms with E-state index in [1.54, 1.807) is 0 Å². The van der Waals surface area contributed by atoms with Gasteiger partial charge in [-0.2, -0.15) is 0 Å². The molecular weight excluding hydrogens is 605 g/mol. The highest BCUT2D eigenvalue weighted by molar-refractivity contribution is 6.24. The van der Waals surface area contributed by atoms with E-state index in [0.717, 1.165) is 0 Å². The molecule has 6 aromatic carbocycles. The molecule has 2 heteroatoms. The summed E-state index contributed by atoms with van der Waals surface area (Å²) in [7, 11) is 0. The number of benzene rings is 6. The third kappa shape index (κ3) is 2.69. The molecule has 0 saturated carbocycles. The van der Waals surface area contributed by atoms with Crippen LogP contribution in [0.5, 0.6) is 0 Å². The first-order valence-corrected chi connectivity index (χ1v) is 18.2. The molecule has 0 N–H and O–H groups in total. The van der Waals surface area contributed by atoms with Crippen molar-refractivity contribution in [2.24, 2.45) is 0 Å². The van der Waals surface area contributed by atoms with Crippen molar-refractivity contribution in [2.45, 2.75) is 50.5 Å². The van der Waals surface area contributed by atoms with E-state index in [1.807, 2.05) is 0 Å². The molecular formula is C48H34N2. The highest BCUT2D eigenvalue weighted by atomic mass is 15.2. The van der Waals surface area contributed by atoms with Crippen LogP contribution in [0.25, 0.3) is 65.9 Å². The van der Waals surface area contributed by atoms with Crippen molar-refractivity contribution in [1.82, 2.24) is 4.40 Å². The molecule has 2 aliphatic heterocycles. The Labute approximate surface area is 290 Å². The zero-order valence-electron chi connectivity index (χ0n) is 28.6. The van der Waals surface area contributed by atoms with Crippen LogP contribution in [-0.4, -0.2) is 10.4 Å². The van der Waals surface area contributed by atoms with E-state index in [-0.39, 0.29) is 10.8 Å². The molecule has 5 aliphatic rings. The zero-order valence-corrected chi connectivity index (χ0v) is 28.6. The van der Waals surface area contributed by atoms with Crippen molar-refractivity contribution < 1.29 is 0 Å².